The lowest BCUT2D eigenvalue weighted by Crippen LogP contribution is -2.08. The van der Waals surface area contributed by atoms with E-state index in [2.05, 4.69) is 4.74 Å². The van der Waals surface area contributed by atoms with Gasteiger partial charge in [0.15, 0.2) is 6.29 Å². The second-order valence-electron chi connectivity index (χ2n) is 3.05. The van der Waals surface area contributed by atoms with Crippen LogP contribution in [0.5, 0.6) is 0 Å². The molecule has 0 unspecified atom stereocenters. The minimum Gasteiger partial charge on any atom is -0.465 e. The molecule has 88 valence electrons. The SMILES string of the molecule is COC(=O)c1cc(C(F)F)cc(C#N)c1C=O. The molecule has 1 aromatic rings. The lowest BCUT2D eigenvalue weighted by Gasteiger charge is -2.07. The topological polar surface area (TPSA) is 67.2 Å². The van der Waals surface area contributed by atoms with Gasteiger partial charge in [0.1, 0.15) is 0 Å². The smallest absolute Gasteiger partial charge is 0.338 e. The average Bonchev–Trinajstić information content (AvgIpc) is 2.35. The van der Waals surface area contributed by atoms with Crippen molar-refractivity contribution in [3.63, 3.8) is 0 Å². The minimum absolute atomic E-state index is 0.247. The van der Waals surface area contributed by atoms with Crippen molar-refractivity contribution in [2.75, 3.05) is 7.11 Å². The number of carbonyl (C=O) groups is 2. The van der Waals surface area contributed by atoms with Gasteiger partial charge in [-0.2, -0.15) is 5.26 Å². The summed E-state index contributed by atoms with van der Waals surface area (Å²) in [5.41, 5.74) is -1.37. The average molecular weight is 239 g/mol. The molecule has 0 aromatic heterocycles. The molecule has 0 fully saturated rings. The summed E-state index contributed by atoms with van der Waals surface area (Å²) in [6.07, 6.45) is -2.58. The van der Waals surface area contributed by atoms with E-state index in [4.69, 9.17) is 5.26 Å². The van der Waals surface area contributed by atoms with Crippen LogP contribution in [0, 0.1) is 11.3 Å². The normalized spacial score (nSPS) is 9.82. The van der Waals surface area contributed by atoms with E-state index in [-0.39, 0.29) is 23.0 Å². The van der Waals surface area contributed by atoms with Gasteiger partial charge in [-0.15, -0.1) is 0 Å². The molecular weight excluding hydrogens is 232 g/mol. The summed E-state index contributed by atoms with van der Waals surface area (Å²) in [6, 6.07) is 3.31. The number of esters is 1. The van der Waals surface area contributed by atoms with Crippen molar-refractivity contribution in [1.82, 2.24) is 0 Å². The maximum atomic E-state index is 12.5. The van der Waals surface area contributed by atoms with Crippen LogP contribution < -0.4 is 0 Å². The second-order valence-corrected chi connectivity index (χ2v) is 3.05. The van der Waals surface area contributed by atoms with E-state index in [1.54, 1.807) is 6.07 Å². The molecule has 0 bridgehead atoms. The first-order chi connectivity index (χ1) is 8.04. The Balaban J connectivity index is 3.55. The number of halogens is 2. The van der Waals surface area contributed by atoms with Gasteiger partial charge in [-0.25, -0.2) is 13.6 Å². The molecule has 0 aliphatic carbocycles. The number of alkyl halides is 2. The predicted octanol–water partition coefficient (Wildman–Crippen LogP) is 2.09. The summed E-state index contributed by atoms with van der Waals surface area (Å²) in [5, 5.41) is 8.73. The van der Waals surface area contributed by atoms with Crippen LogP contribution in [0.4, 0.5) is 8.78 Å². The Morgan fingerprint density at radius 2 is 2.18 bits per heavy atom. The number of benzene rings is 1. The third-order valence-corrected chi connectivity index (χ3v) is 2.10. The van der Waals surface area contributed by atoms with Crippen LogP contribution >= 0.6 is 0 Å². The number of aldehydes is 1. The number of hydrogen-bond donors (Lipinski definition) is 0. The van der Waals surface area contributed by atoms with Crippen molar-refractivity contribution < 1.29 is 23.1 Å². The number of carbonyl (C=O) groups excluding carboxylic acids is 2. The minimum atomic E-state index is -2.84. The molecule has 0 aliphatic rings. The summed E-state index contributed by atoms with van der Waals surface area (Å²) < 4.78 is 29.4. The molecule has 0 aliphatic heterocycles. The molecule has 6 heteroatoms. The van der Waals surface area contributed by atoms with Crippen LogP contribution in [0.3, 0.4) is 0 Å². The van der Waals surface area contributed by atoms with Crippen molar-refractivity contribution in [3.8, 4) is 6.07 Å². The van der Waals surface area contributed by atoms with E-state index < -0.39 is 18.0 Å². The molecule has 1 aromatic carbocycles. The maximum absolute atomic E-state index is 12.5. The number of rotatable bonds is 3. The number of nitrogens with zero attached hydrogens (tertiary/aromatic N) is 1. The lowest BCUT2D eigenvalue weighted by molar-refractivity contribution is 0.0598. The third-order valence-electron chi connectivity index (χ3n) is 2.10. The first-order valence-corrected chi connectivity index (χ1v) is 4.44. The zero-order valence-corrected chi connectivity index (χ0v) is 8.74. The first-order valence-electron chi connectivity index (χ1n) is 4.44. The van der Waals surface area contributed by atoms with Gasteiger partial charge in [0.2, 0.25) is 0 Å². The predicted molar refractivity (Wildman–Crippen MR) is 52.8 cm³/mol. The van der Waals surface area contributed by atoms with Gasteiger partial charge in [0, 0.05) is 11.1 Å². The number of methoxy groups -OCH3 is 1. The summed E-state index contributed by atoms with van der Waals surface area (Å²) in [7, 11) is 1.05. The molecular formula is C11H7F2NO3. The monoisotopic (exact) mass is 239 g/mol. The second kappa shape index (κ2) is 5.16. The van der Waals surface area contributed by atoms with E-state index >= 15 is 0 Å². The molecule has 0 atom stereocenters. The Kier molecular flexibility index (Phi) is 3.88. The van der Waals surface area contributed by atoms with Gasteiger partial charge in [-0.05, 0) is 12.1 Å². The van der Waals surface area contributed by atoms with Crippen LogP contribution in [0.25, 0.3) is 0 Å². The zero-order chi connectivity index (χ0) is 13.0. The fourth-order valence-electron chi connectivity index (χ4n) is 1.30. The number of ether oxygens (including phenoxy) is 1. The van der Waals surface area contributed by atoms with Crippen LogP contribution in [-0.2, 0) is 4.74 Å². The molecule has 1 rings (SSSR count). The van der Waals surface area contributed by atoms with Crippen LogP contribution in [0.1, 0.15) is 38.3 Å². The van der Waals surface area contributed by atoms with Gasteiger partial charge in [-0.1, -0.05) is 0 Å². The van der Waals surface area contributed by atoms with E-state index in [1.165, 1.54) is 0 Å². The molecule has 4 nitrogen and oxygen atoms in total. The first kappa shape index (κ1) is 12.8. The molecule has 0 spiro atoms. The zero-order valence-electron chi connectivity index (χ0n) is 8.74. The Morgan fingerprint density at radius 3 is 2.59 bits per heavy atom. The highest BCUT2D eigenvalue weighted by atomic mass is 19.3. The number of hydrogen-bond acceptors (Lipinski definition) is 4. The summed E-state index contributed by atoms with van der Waals surface area (Å²) in [6.45, 7) is 0. The standard InChI is InChI=1S/C11H7F2NO3/c1-17-11(16)8-3-6(10(12)13)2-7(4-14)9(8)5-15/h2-3,5,10H,1H3. The Hall–Kier alpha value is -2.29. The van der Waals surface area contributed by atoms with Gasteiger partial charge < -0.3 is 4.74 Å². The fraction of sp³-hybridized carbons (Fsp3) is 0.182. The molecule has 0 heterocycles. The van der Waals surface area contributed by atoms with Crippen molar-refractivity contribution in [3.05, 3.63) is 34.4 Å². The molecule has 0 saturated carbocycles. The Morgan fingerprint density at radius 1 is 1.53 bits per heavy atom. The van der Waals surface area contributed by atoms with Crippen molar-refractivity contribution in [2.24, 2.45) is 0 Å². The highest BCUT2D eigenvalue weighted by molar-refractivity contribution is 6.00. The van der Waals surface area contributed by atoms with E-state index in [1.807, 2.05) is 0 Å². The van der Waals surface area contributed by atoms with Crippen LogP contribution in [0.15, 0.2) is 12.1 Å². The van der Waals surface area contributed by atoms with Gasteiger partial charge in [-0.3, -0.25) is 4.79 Å². The fourth-order valence-corrected chi connectivity index (χ4v) is 1.30. The molecule has 0 saturated heterocycles. The van der Waals surface area contributed by atoms with E-state index in [0.29, 0.717) is 0 Å². The van der Waals surface area contributed by atoms with E-state index in [0.717, 1.165) is 19.2 Å². The Labute approximate surface area is 95.4 Å². The quantitative estimate of drug-likeness (QED) is 0.598. The number of nitriles is 1. The third kappa shape index (κ3) is 2.45. The van der Waals surface area contributed by atoms with Crippen LogP contribution in [0.2, 0.25) is 0 Å². The summed E-state index contributed by atoms with van der Waals surface area (Å²) in [5.74, 6) is -0.939. The van der Waals surface area contributed by atoms with Crippen molar-refractivity contribution in [2.45, 2.75) is 6.43 Å². The van der Waals surface area contributed by atoms with Gasteiger partial charge in [0.05, 0.1) is 24.3 Å². The highest BCUT2D eigenvalue weighted by Gasteiger charge is 2.20. The maximum Gasteiger partial charge on any atom is 0.338 e. The lowest BCUT2D eigenvalue weighted by atomic mass is 9.99. The summed E-state index contributed by atoms with van der Waals surface area (Å²) >= 11 is 0. The Bertz CT molecular complexity index is 506. The van der Waals surface area contributed by atoms with Gasteiger partial charge >= 0.3 is 5.97 Å². The van der Waals surface area contributed by atoms with Crippen molar-refractivity contribution >= 4 is 12.3 Å². The largest absolute Gasteiger partial charge is 0.465 e. The summed E-state index contributed by atoms with van der Waals surface area (Å²) in [4.78, 5) is 22.1. The molecule has 0 radical (unpaired) electrons. The van der Waals surface area contributed by atoms with Crippen molar-refractivity contribution in [1.29, 1.82) is 5.26 Å². The van der Waals surface area contributed by atoms with Gasteiger partial charge in [0.25, 0.3) is 6.43 Å². The van der Waals surface area contributed by atoms with E-state index in [9.17, 15) is 18.4 Å². The highest BCUT2D eigenvalue weighted by Crippen LogP contribution is 2.24. The van der Waals surface area contributed by atoms with Crippen LogP contribution in [-0.4, -0.2) is 19.4 Å². The molecule has 0 amide bonds. The molecule has 17 heavy (non-hydrogen) atoms. The molecule has 0 N–H and O–H groups in total.